The van der Waals surface area contributed by atoms with Crippen LogP contribution in [0.3, 0.4) is 0 Å². The molecule has 5 fully saturated rings. The molecule has 9 nitrogen and oxygen atoms in total. The molecule has 5 N–H and O–H groups in total. The van der Waals surface area contributed by atoms with Gasteiger partial charge in [-0.25, -0.2) is 0 Å². The third-order valence-electron chi connectivity index (χ3n) is 17.7. The number of thioether (sulfide) groups is 1. The summed E-state index contributed by atoms with van der Waals surface area (Å²) in [5.74, 6) is 1.90. The maximum atomic E-state index is 14.0. The molecule has 2 amide bonds. The van der Waals surface area contributed by atoms with Gasteiger partial charge in [0.2, 0.25) is 5.91 Å². The van der Waals surface area contributed by atoms with Crippen LogP contribution in [0, 0.1) is 75.4 Å². The molecule has 0 aromatic heterocycles. The summed E-state index contributed by atoms with van der Waals surface area (Å²) in [7, 11) is 1.50. The number of carbonyl (C=O) groups excluding carboxylic acids is 4. The molecule has 0 aliphatic heterocycles. The highest BCUT2D eigenvalue weighted by Crippen LogP contribution is 2.72. The summed E-state index contributed by atoms with van der Waals surface area (Å²) in [6.07, 6.45) is 13.3. The largest absolute Gasteiger partial charge is 0.481 e. The Morgan fingerprint density at radius 1 is 0.900 bits per heavy atom. The minimum Gasteiger partial charge on any atom is -0.481 e. The summed E-state index contributed by atoms with van der Waals surface area (Å²) >= 11 is 1.61. The fourth-order valence-corrected chi connectivity index (χ4v) is 14.9. The summed E-state index contributed by atoms with van der Waals surface area (Å²) in [6, 6.07) is 7.40. The van der Waals surface area contributed by atoms with Crippen LogP contribution in [-0.4, -0.2) is 59.8 Å². The number of ketones is 2. The van der Waals surface area contributed by atoms with Gasteiger partial charge >= 0.3 is 5.97 Å². The van der Waals surface area contributed by atoms with E-state index in [9.17, 15) is 29.1 Å². The van der Waals surface area contributed by atoms with Crippen LogP contribution in [0.5, 0.6) is 0 Å². The average Bonchev–Trinajstić information content (AvgIpc) is 3.51. The topological polar surface area (TPSA) is 156 Å². The first-order chi connectivity index (χ1) is 28.3. The third-order valence-corrected chi connectivity index (χ3v) is 18.5. The Balaban J connectivity index is 0.00000297. The van der Waals surface area contributed by atoms with E-state index in [2.05, 4.69) is 51.0 Å². The third kappa shape index (κ3) is 8.07. The average molecular weight is 846 g/mol. The van der Waals surface area contributed by atoms with E-state index >= 15 is 0 Å². The van der Waals surface area contributed by atoms with E-state index in [-0.39, 0.29) is 51.7 Å². The van der Waals surface area contributed by atoms with Gasteiger partial charge in [0.15, 0.2) is 5.78 Å². The number of rotatable bonds is 12. The fourth-order valence-electron chi connectivity index (χ4n) is 14.5. The van der Waals surface area contributed by atoms with Gasteiger partial charge in [0.05, 0.1) is 5.92 Å². The number of benzene rings is 1. The Bertz CT molecular complexity index is 1860. The molecule has 0 radical (unpaired) electrons. The molecule has 0 heterocycles. The minimum absolute atomic E-state index is 0.0606. The summed E-state index contributed by atoms with van der Waals surface area (Å²) < 4.78 is 0. The van der Waals surface area contributed by atoms with Crippen LogP contribution >= 0.6 is 11.8 Å². The Labute approximate surface area is 364 Å². The zero-order chi connectivity index (χ0) is 44.1. The second kappa shape index (κ2) is 17.7. The molecule has 5 saturated carbocycles. The van der Waals surface area contributed by atoms with Crippen molar-refractivity contribution in [3.05, 3.63) is 41.0 Å². The van der Waals surface area contributed by atoms with E-state index in [1.165, 1.54) is 31.9 Å². The van der Waals surface area contributed by atoms with Crippen LogP contribution < -0.4 is 16.4 Å². The highest BCUT2D eigenvalue weighted by atomic mass is 32.2. The normalized spacial score (nSPS) is 37.0. The van der Waals surface area contributed by atoms with Crippen molar-refractivity contribution in [2.75, 3.05) is 19.8 Å². The SMILES string of the molecule is CN.CSc1ccc(C(=O)NC(C)(C)C(=O)NCCC23CCC4C(CCC5C4(C)CCC4C(C)C(CC(=O)C6CC(C(=O)O)C6C)CCC45C)C2=C(C(C)C)C(=O)C3)cc1. The van der Waals surface area contributed by atoms with Gasteiger partial charge in [0.25, 0.3) is 5.91 Å². The molecule has 1 aromatic carbocycles. The summed E-state index contributed by atoms with van der Waals surface area (Å²) in [4.78, 5) is 66.9. The maximum absolute atomic E-state index is 14.0. The number of fused-ring (bicyclic) bond motifs is 7. The lowest BCUT2D eigenvalue weighted by Gasteiger charge is -2.67. The van der Waals surface area contributed by atoms with Gasteiger partial charge in [-0.1, -0.05) is 47.1 Å². The molecule has 12 unspecified atom stereocenters. The van der Waals surface area contributed by atoms with Gasteiger partial charge in [-0.2, -0.15) is 0 Å². The number of nitrogens with two attached hydrogens (primary N) is 1. The molecule has 60 heavy (non-hydrogen) atoms. The lowest BCUT2D eigenvalue weighted by molar-refractivity contribution is -0.172. The maximum Gasteiger partial charge on any atom is 0.306 e. The predicted molar refractivity (Wildman–Crippen MR) is 239 cm³/mol. The highest BCUT2D eigenvalue weighted by Gasteiger charge is 2.65. The number of hydrogen-bond acceptors (Lipinski definition) is 7. The van der Waals surface area contributed by atoms with Crippen molar-refractivity contribution in [3.8, 4) is 0 Å². The number of nitrogens with one attached hydrogen (secondary N) is 2. The number of aliphatic carboxylic acids is 1. The van der Waals surface area contributed by atoms with Crippen LogP contribution in [0.15, 0.2) is 40.3 Å². The zero-order valence-electron chi connectivity index (χ0n) is 38.2. The quantitative estimate of drug-likeness (QED) is 0.152. The Morgan fingerprint density at radius 2 is 1.53 bits per heavy atom. The smallest absolute Gasteiger partial charge is 0.306 e. The summed E-state index contributed by atoms with van der Waals surface area (Å²) in [6.45, 7) is 17.9. The number of Topliss-reactive ketones (excluding diaryl/α,β-unsaturated/α-hetero) is 2. The first kappa shape index (κ1) is 46.5. The predicted octanol–water partition coefficient (Wildman–Crippen LogP) is 9.13. The van der Waals surface area contributed by atoms with E-state index in [0.717, 1.165) is 49.0 Å². The van der Waals surface area contributed by atoms with E-state index in [4.69, 9.17) is 0 Å². The highest BCUT2D eigenvalue weighted by molar-refractivity contribution is 7.98. The van der Waals surface area contributed by atoms with Gasteiger partial charge in [-0.05, 0) is 179 Å². The molecule has 10 heteroatoms. The summed E-state index contributed by atoms with van der Waals surface area (Å²) in [5.41, 5.74) is 6.58. The lowest BCUT2D eigenvalue weighted by atomic mass is 9.37. The fraction of sp³-hybridized carbons (Fsp3) is 0.740. The van der Waals surface area contributed by atoms with Gasteiger partial charge < -0.3 is 21.5 Å². The van der Waals surface area contributed by atoms with Crippen molar-refractivity contribution in [2.24, 2.45) is 81.2 Å². The molecule has 0 spiro atoms. The van der Waals surface area contributed by atoms with E-state index in [1.807, 2.05) is 25.3 Å². The molecule has 0 bridgehead atoms. The van der Waals surface area contributed by atoms with Crippen LogP contribution in [0.4, 0.5) is 0 Å². The molecular formula is C50H75N3O6S. The van der Waals surface area contributed by atoms with Gasteiger partial charge in [-0.3, -0.25) is 24.0 Å². The number of carboxylic acids is 1. The standard InChI is InChI=1S/C49H70N2O6S.CH5N/c1-27(2)41-39(53)26-49(22-23-50-45(57)46(5,6)51-43(54)30-10-12-32(58-9)13-11-30)21-18-37-33(42(41)49)14-15-40-47(7)19-16-31(28(3)36(47)17-20-48(37,40)8)24-38(52)34-25-35(29(34)4)44(55)56;1-2/h10-13,27-29,31,33-37,40H,14-26H2,1-9H3,(H,50,57)(H,51,54)(H,55,56);2H2,1H3. The molecule has 12 atom stereocenters. The number of amides is 2. The number of carboxylic acid groups (broad SMARTS) is 1. The van der Waals surface area contributed by atoms with Crippen LogP contribution in [0.2, 0.25) is 0 Å². The second-order valence-electron chi connectivity index (χ2n) is 21.2. The molecule has 6 aliphatic rings. The first-order valence-corrected chi connectivity index (χ1v) is 24.4. The molecular weight excluding hydrogens is 771 g/mol. The van der Waals surface area contributed by atoms with Crippen LogP contribution in [0.25, 0.3) is 0 Å². The van der Waals surface area contributed by atoms with Crippen LogP contribution in [0.1, 0.15) is 143 Å². The van der Waals surface area contributed by atoms with Gasteiger partial charge in [0.1, 0.15) is 11.3 Å². The van der Waals surface area contributed by atoms with Gasteiger partial charge in [0, 0.05) is 41.2 Å². The number of allylic oxidation sites excluding steroid dienone is 2. The molecule has 1 aromatic rings. The molecule has 6 aliphatic carbocycles. The van der Waals surface area contributed by atoms with Crippen molar-refractivity contribution in [1.82, 2.24) is 10.6 Å². The summed E-state index contributed by atoms with van der Waals surface area (Å²) in [5, 5.41) is 15.6. The van der Waals surface area contributed by atoms with Crippen molar-refractivity contribution in [1.29, 1.82) is 0 Å². The van der Waals surface area contributed by atoms with E-state index < -0.39 is 11.5 Å². The zero-order valence-corrected chi connectivity index (χ0v) is 39.1. The monoisotopic (exact) mass is 846 g/mol. The molecule has 332 valence electrons. The second-order valence-corrected chi connectivity index (χ2v) is 22.1. The van der Waals surface area contributed by atoms with Gasteiger partial charge in [-0.15, -0.1) is 11.8 Å². The Hall–Kier alpha value is -2.98. The number of carbonyl (C=O) groups is 5. The van der Waals surface area contributed by atoms with Crippen molar-refractivity contribution >= 4 is 41.1 Å². The van der Waals surface area contributed by atoms with E-state index in [1.54, 1.807) is 37.7 Å². The molecule has 0 saturated heterocycles. The van der Waals surface area contributed by atoms with Crippen molar-refractivity contribution in [2.45, 2.75) is 143 Å². The Kier molecular flexibility index (Phi) is 13.7. The Morgan fingerprint density at radius 3 is 2.15 bits per heavy atom. The van der Waals surface area contributed by atoms with Crippen molar-refractivity contribution in [3.63, 3.8) is 0 Å². The number of hydrogen-bond donors (Lipinski definition) is 4. The van der Waals surface area contributed by atoms with E-state index in [0.29, 0.717) is 78.4 Å². The first-order valence-electron chi connectivity index (χ1n) is 23.1. The minimum atomic E-state index is -1.10. The van der Waals surface area contributed by atoms with Crippen molar-refractivity contribution < 1.29 is 29.1 Å². The van der Waals surface area contributed by atoms with Crippen LogP contribution in [-0.2, 0) is 19.2 Å². The molecule has 7 rings (SSSR count). The lowest BCUT2D eigenvalue weighted by Crippen LogP contribution is -2.60.